The van der Waals surface area contributed by atoms with Gasteiger partial charge in [-0.3, -0.25) is 4.31 Å². The number of rotatable bonds is 3. The van der Waals surface area contributed by atoms with Crippen LogP contribution in [0.25, 0.3) is 0 Å². The van der Waals surface area contributed by atoms with Crippen LogP contribution in [-0.4, -0.2) is 26.0 Å². The average Bonchev–Trinajstić information content (AvgIpc) is 3.00. The van der Waals surface area contributed by atoms with Crippen LogP contribution in [0.3, 0.4) is 0 Å². The van der Waals surface area contributed by atoms with Crippen molar-refractivity contribution in [2.45, 2.75) is 24.7 Å². The van der Waals surface area contributed by atoms with E-state index in [9.17, 15) is 18.3 Å². The SMILES string of the molecule is Cc1ccc2c(c1C(=O)O)CCCN2S(=O)(=O)c1ccsc1. The highest BCUT2D eigenvalue weighted by molar-refractivity contribution is 7.93. The van der Waals surface area contributed by atoms with Crippen molar-refractivity contribution in [2.24, 2.45) is 0 Å². The van der Waals surface area contributed by atoms with Crippen LogP contribution < -0.4 is 4.31 Å². The van der Waals surface area contributed by atoms with Gasteiger partial charge in [0.05, 0.1) is 16.1 Å². The van der Waals surface area contributed by atoms with Gasteiger partial charge in [-0.2, -0.15) is 11.3 Å². The van der Waals surface area contributed by atoms with Crippen molar-refractivity contribution in [3.8, 4) is 0 Å². The summed E-state index contributed by atoms with van der Waals surface area (Å²) in [6.07, 6.45) is 1.19. The van der Waals surface area contributed by atoms with Crippen molar-refractivity contribution in [3.63, 3.8) is 0 Å². The molecule has 2 aromatic rings. The third-order valence-electron chi connectivity index (χ3n) is 3.85. The van der Waals surface area contributed by atoms with Gasteiger partial charge in [-0.1, -0.05) is 6.07 Å². The van der Waals surface area contributed by atoms with Gasteiger partial charge in [0.2, 0.25) is 0 Å². The molecule has 1 aromatic heterocycles. The van der Waals surface area contributed by atoms with Crippen LogP contribution in [0, 0.1) is 6.92 Å². The summed E-state index contributed by atoms with van der Waals surface area (Å²) in [6, 6.07) is 4.95. The fourth-order valence-corrected chi connectivity index (χ4v) is 5.38. The van der Waals surface area contributed by atoms with Gasteiger partial charge in [0.15, 0.2) is 0 Å². The minimum Gasteiger partial charge on any atom is -0.478 e. The highest BCUT2D eigenvalue weighted by Crippen LogP contribution is 2.35. The monoisotopic (exact) mass is 337 g/mol. The number of sulfonamides is 1. The van der Waals surface area contributed by atoms with Crippen molar-refractivity contribution in [1.29, 1.82) is 0 Å². The van der Waals surface area contributed by atoms with Gasteiger partial charge in [0, 0.05) is 11.9 Å². The molecular weight excluding hydrogens is 322 g/mol. The number of hydrogen-bond donors (Lipinski definition) is 1. The molecule has 3 rings (SSSR count). The summed E-state index contributed by atoms with van der Waals surface area (Å²) in [4.78, 5) is 11.8. The minimum absolute atomic E-state index is 0.225. The summed E-state index contributed by atoms with van der Waals surface area (Å²) >= 11 is 1.32. The largest absolute Gasteiger partial charge is 0.478 e. The van der Waals surface area contributed by atoms with Crippen molar-refractivity contribution < 1.29 is 18.3 Å². The first-order valence-corrected chi connectivity index (χ1v) is 9.22. The van der Waals surface area contributed by atoms with Crippen LogP contribution in [0.1, 0.15) is 27.9 Å². The molecule has 1 aliphatic heterocycles. The van der Waals surface area contributed by atoms with E-state index in [-0.39, 0.29) is 10.5 Å². The number of fused-ring (bicyclic) bond motifs is 1. The zero-order valence-corrected chi connectivity index (χ0v) is 13.6. The standard InChI is InChI=1S/C15H15NO4S2/c1-10-4-5-13-12(14(10)15(17)18)3-2-7-16(13)22(19,20)11-6-8-21-9-11/h4-6,8-9H,2-3,7H2,1H3,(H,17,18). The summed E-state index contributed by atoms with van der Waals surface area (Å²) in [6.45, 7) is 2.10. The molecule has 0 saturated carbocycles. The van der Waals surface area contributed by atoms with Crippen LogP contribution in [0.2, 0.25) is 0 Å². The Balaban J connectivity index is 2.18. The van der Waals surface area contributed by atoms with E-state index in [2.05, 4.69) is 0 Å². The Labute approximate surface area is 132 Å². The Morgan fingerprint density at radius 1 is 1.32 bits per heavy atom. The maximum Gasteiger partial charge on any atom is 0.336 e. The molecule has 0 atom stereocenters. The van der Waals surface area contributed by atoms with Crippen molar-refractivity contribution in [1.82, 2.24) is 0 Å². The van der Waals surface area contributed by atoms with Crippen LogP contribution in [-0.2, 0) is 16.4 Å². The number of carboxylic acid groups (broad SMARTS) is 1. The van der Waals surface area contributed by atoms with Gasteiger partial charge >= 0.3 is 5.97 Å². The van der Waals surface area contributed by atoms with Crippen molar-refractivity contribution in [3.05, 3.63) is 45.6 Å². The van der Waals surface area contributed by atoms with E-state index in [0.29, 0.717) is 36.2 Å². The van der Waals surface area contributed by atoms with Crippen molar-refractivity contribution >= 4 is 33.0 Å². The lowest BCUT2D eigenvalue weighted by Gasteiger charge is -2.31. The van der Waals surface area contributed by atoms with Crippen molar-refractivity contribution in [2.75, 3.05) is 10.8 Å². The first-order valence-electron chi connectivity index (χ1n) is 6.83. The number of carbonyl (C=O) groups is 1. The summed E-state index contributed by atoms with van der Waals surface area (Å²) in [5, 5.41) is 12.7. The topological polar surface area (TPSA) is 74.7 Å². The number of nitrogens with zero attached hydrogens (tertiary/aromatic N) is 1. The van der Waals surface area contributed by atoms with Gasteiger partial charge < -0.3 is 5.11 Å². The first kappa shape index (κ1) is 15.1. The zero-order chi connectivity index (χ0) is 15.9. The second kappa shape index (κ2) is 5.40. The molecule has 0 radical (unpaired) electrons. The van der Waals surface area contributed by atoms with Crippen LogP contribution in [0.5, 0.6) is 0 Å². The normalized spacial score (nSPS) is 14.7. The molecule has 0 spiro atoms. The Bertz CT molecular complexity index is 825. The summed E-state index contributed by atoms with van der Waals surface area (Å²) in [7, 11) is -3.64. The molecule has 1 aromatic carbocycles. The van der Waals surface area contributed by atoms with Crippen LogP contribution >= 0.6 is 11.3 Å². The first-order chi connectivity index (χ1) is 10.4. The zero-order valence-electron chi connectivity index (χ0n) is 11.9. The number of hydrogen-bond acceptors (Lipinski definition) is 4. The molecule has 5 nitrogen and oxygen atoms in total. The molecule has 0 unspecified atom stereocenters. The number of aryl methyl sites for hydroxylation is 1. The smallest absolute Gasteiger partial charge is 0.336 e. The highest BCUT2D eigenvalue weighted by atomic mass is 32.2. The van der Waals surface area contributed by atoms with Gasteiger partial charge in [-0.05, 0) is 48.4 Å². The molecule has 0 fully saturated rings. The van der Waals surface area contributed by atoms with Crippen LogP contribution in [0.15, 0.2) is 33.9 Å². The predicted octanol–water partition coefficient (Wildman–Crippen LogP) is 2.90. The lowest BCUT2D eigenvalue weighted by atomic mass is 9.94. The quantitative estimate of drug-likeness (QED) is 0.934. The molecule has 22 heavy (non-hydrogen) atoms. The lowest BCUT2D eigenvalue weighted by molar-refractivity contribution is 0.0695. The minimum atomic E-state index is -3.64. The maximum absolute atomic E-state index is 12.8. The molecule has 0 amide bonds. The number of carboxylic acids is 1. The second-order valence-corrected chi connectivity index (χ2v) is 7.84. The third kappa shape index (κ3) is 2.30. The van der Waals surface area contributed by atoms with E-state index in [1.54, 1.807) is 35.9 Å². The molecular formula is C15H15NO4S2. The van der Waals surface area contributed by atoms with Gasteiger partial charge in [0.1, 0.15) is 0 Å². The Kier molecular flexibility index (Phi) is 3.70. The summed E-state index contributed by atoms with van der Waals surface area (Å²) < 4.78 is 26.9. The molecule has 0 aliphatic carbocycles. The molecule has 116 valence electrons. The molecule has 7 heteroatoms. The second-order valence-electron chi connectivity index (χ2n) is 5.20. The lowest BCUT2D eigenvalue weighted by Crippen LogP contribution is -2.36. The molecule has 1 N–H and O–H groups in total. The van der Waals surface area contributed by atoms with Gasteiger partial charge in [-0.25, -0.2) is 13.2 Å². The number of aromatic carboxylic acids is 1. The molecule has 2 heterocycles. The molecule has 0 saturated heterocycles. The fourth-order valence-electron chi connectivity index (χ4n) is 2.83. The van der Waals surface area contributed by atoms with E-state index in [0.717, 1.165) is 0 Å². The van der Waals surface area contributed by atoms with Crippen LogP contribution in [0.4, 0.5) is 5.69 Å². The summed E-state index contributed by atoms with van der Waals surface area (Å²) in [5.74, 6) is -1.01. The Morgan fingerprint density at radius 3 is 2.73 bits per heavy atom. The predicted molar refractivity (Wildman–Crippen MR) is 85.3 cm³/mol. The summed E-state index contributed by atoms with van der Waals surface area (Å²) in [5.41, 5.74) is 1.97. The van der Waals surface area contributed by atoms with E-state index in [4.69, 9.17) is 0 Å². The fraction of sp³-hybridized carbons (Fsp3) is 0.267. The molecule has 1 aliphatic rings. The number of benzene rings is 1. The number of thiophene rings is 1. The van der Waals surface area contributed by atoms with E-state index in [1.807, 2.05) is 0 Å². The van der Waals surface area contributed by atoms with Gasteiger partial charge in [0.25, 0.3) is 10.0 Å². The van der Waals surface area contributed by atoms with Gasteiger partial charge in [-0.15, -0.1) is 0 Å². The van der Waals surface area contributed by atoms with E-state index >= 15 is 0 Å². The van der Waals surface area contributed by atoms with E-state index in [1.165, 1.54) is 15.6 Å². The molecule has 0 bridgehead atoms. The Morgan fingerprint density at radius 2 is 2.09 bits per heavy atom. The third-order valence-corrected chi connectivity index (χ3v) is 6.49. The Hall–Kier alpha value is -1.86. The maximum atomic E-state index is 12.8. The highest BCUT2D eigenvalue weighted by Gasteiger charge is 2.31. The van der Waals surface area contributed by atoms with E-state index < -0.39 is 16.0 Å². The number of anilines is 1. The average molecular weight is 337 g/mol.